The summed E-state index contributed by atoms with van der Waals surface area (Å²) in [4.78, 5) is 12.3. The minimum Gasteiger partial charge on any atom is -0.465 e. The fourth-order valence-electron chi connectivity index (χ4n) is 4.02. The molecule has 0 heterocycles. The van der Waals surface area contributed by atoms with E-state index in [0.29, 0.717) is 21.8 Å². The molecule has 5 heteroatoms. The Morgan fingerprint density at radius 1 is 0.719 bits per heavy atom. The van der Waals surface area contributed by atoms with Crippen LogP contribution in [0.2, 0.25) is 10.0 Å². The van der Waals surface area contributed by atoms with Crippen molar-refractivity contribution in [1.82, 2.24) is 0 Å². The number of hydrogen-bond acceptors (Lipinski definition) is 2. The zero-order valence-electron chi connectivity index (χ0n) is 17.5. The van der Waals surface area contributed by atoms with Gasteiger partial charge in [-0.1, -0.05) is 77.8 Å². The van der Waals surface area contributed by atoms with Gasteiger partial charge in [-0.25, -0.2) is 4.79 Å². The van der Waals surface area contributed by atoms with Gasteiger partial charge in [0.15, 0.2) is 0 Å². The lowest BCUT2D eigenvalue weighted by Crippen LogP contribution is -2.32. The minimum absolute atomic E-state index is 0.320. The fraction of sp³-hybridized carbons (Fsp3) is 0.0741. The molecule has 2 nitrogen and oxygen atoms in total. The highest BCUT2D eigenvalue weighted by atomic mass is 35.5. The van der Waals surface area contributed by atoms with Gasteiger partial charge in [-0.05, 0) is 48.5 Å². The molecular formula is C27H22Cl2O2P+. The Labute approximate surface area is 199 Å². The Balaban J connectivity index is 2.03. The van der Waals surface area contributed by atoms with E-state index in [1.54, 1.807) is 12.1 Å². The molecule has 0 unspecified atom stereocenters. The molecule has 0 N–H and O–H groups in total. The molecule has 0 atom stereocenters. The van der Waals surface area contributed by atoms with Gasteiger partial charge < -0.3 is 4.74 Å². The molecule has 0 aromatic heterocycles. The molecule has 4 aromatic rings. The van der Waals surface area contributed by atoms with Crippen molar-refractivity contribution in [3.05, 3.63) is 124 Å². The number of rotatable bonds is 6. The Bertz CT molecular complexity index is 1120. The van der Waals surface area contributed by atoms with E-state index in [0.717, 1.165) is 5.56 Å². The number of benzene rings is 4. The summed E-state index contributed by atoms with van der Waals surface area (Å²) in [7, 11) is -0.859. The van der Waals surface area contributed by atoms with Crippen LogP contribution in [0.4, 0.5) is 0 Å². The zero-order valence-corrected chi connectivity index (χ0v) is 19.9. The average Bonchev–Trinajstić information content (AvgIpc) is 2.85. The molecule has 0 fully saturated rings. The summed E-state index contributed by atoms with van der Waals surface area (Å²) in [5.41, 5.74) is 1.07. The van der Waals surface area contributed by atoms with Crippen molar-refractivity contribution in [3.8, 4) is 0 Å². The number of hydrogen-bond donors (Lipinski definition) is 0. The molecule has 0 radical (unpaired) electrons. The number of esters is 1. The molecule has 0 saturated heterocycles. The molecule has 0 aliphatic heterocycles. The third-order valence-electron chi connectivity index (χ3n) is 5.58. The third kappa shape index (κ3) is 4.19. The molecule has 0 amide bonds. The standard InChI is InChI=1S/C27H22Cl2O2P/c1-31-27(30)23-17-18-25(28)24(26(23)29)19-32(20-11-5-2-6-12-20,21-13-7-3-8-14-21)22-15-9-4-10-16-22/h2-18H,19H2,1H3/q+1. The lowest BCUT2D eigenvalue weighted by molar-refractivity contribution is 0.0601. The first-order valence-electron chi connectivity index (χ1n) is 10.2. The third-order valence-corrected chi connectivity index (χ3v) is 10.7. The van der Waals surface area contributed by atoms with Gasteiger partial charge in [0.2, 0.25) is 0 Å². The van der Waals surface area contributed by atoms with Crippen LogP contribution in [-0.4, -0.2) is 13.1 Å². The Morgan fingerprint density at radius 3 is 1.56 bits per heavy atom. The predicted molar refractivity (Wildman–Crippen MR) is 137 cm³/mol. The van der Waals surface area contributed by atoms with E-state index in [1.807, 2.05) is 18.2 Å². The van der Waals surface area contributed by atoms with Gasteiger partial charge in [0, 0.05) is 10.6 Å². The first-order chi connectivity index (χ1) is 15.6. The van der Waals surface area contributed by atoms with Crippen molar-refractivity contribution >= 4 is 52.3 Å². The van der Waals surface area contributed by atoms with Gasteiger partial charge in [0.05, 0.1) is 17.7 Å². The highest BCUT2D eigenvalue weighted by Crippen LogP contribution is 2.59. The summed E-state index contributed by atoms with van der Waals surface area (Å²) in [6.07, 6.45) is 0.577. The molecular weight excluding hydrogens is 458 g/mol. The van der Waals surface area contributed by atoms with Crippen LogP contribution in [0.3, 0.4) is 0 Å². The van der Waals surface area contributed by atoms with Gasteiger partial charge in [-0.2, -0.15) is 0 Å². The number of halogens is 2. The van der Waals surface area contributed by atoms with E-state index in [9.17, 15) is 4.79 Å². The lowest BCUT2D eigenvalue weighted by atomic mass is 10.1. The van der Waals surface area contributed by atoms with E-state index in [-0.39, 0.29) is 0 Å². The zero-order chi connectivity index (χ0) is 22.6. The van der Waals surface area contributed by atoms with Crippen molar-refractivity contribution in [2.45, 2.75) is 6.16 Å². The maximum absolute atomic E-state index is 12.3. The molecule has 0 bridgehead atoms. The summed E-state index contributed by atoms with van der Waals surface area (Å²) < 4.78 is 4.94. The van der Waals surface area contributed by atoms with Gasteiger partial charge >= 0.3 is 5.97 Å². The largest absolute Gasteiger partial charge is 0.465 e. The van der Waals surface area contributed by atoms with Crippen LogP contribution in [0.15, 0.2) is 103 Å². The quantitative estimate of drug-likeness (QED) is 0.240. The number of ether oxygens (including phenoxy) is 1. The van der Waals surface area contributed by atoms with Crippen LogP contribution in [0, 0.1) is 0 Å². The summed E-state index contributed by atoms with van der Waals surface area (Å²) in [5.74, 6) is -0.476. The second-order valence-corrected chi connectivity index (χ2v) is 11.6. The van der Waals surface area contributed by atoms with Crippen molar-refractivity contribution < 1.29 is 9.53 Å². The van der Waals surface area contributed by atoms with Crippen LogP contribution in [0.25, 0.3) is 0 Å². The monoisotopic (exact) mass is 479 g/mol. The summed E-state index contributed by atoms with van der Waals surface area (Å²) in [6, 6.07) is 34.8. The minimum atomic E-state index is -2.21. The van der Waals surface area contributed by atoms with Crippen molar-refractivity contribution in [1.29, 1.82) is 0 Å². The molecule has 0 saturated carbocycles. The first kappa shape index (κ1) is 22.6. The van der Waals surface area contributed by atoms with E-state index in [1.165, 1.54) is 23.0 Å². The van der Waals surface area contributed by atoms with Crippen LogP contribution < -0.4 is 15.9 Å². The fourth-order valence-corrected chi connectivity index (χ4v) is 9.07. The predicted octanol–water partition coefficient (Wildman–Crippen LogP) is 6.27. The van der Waals surface area contributed by atoms with Gasteiger partial charge in [0.1, 0.15) is 29.3 Å². The number of carbonyl (C=O) groups is 1. The average molecular weight is 480 g/mol. The topological polar surface area (TPSA) is 26.3 Å². The SMILES string of the molecule is COC(=O)c1ccc(Cl)c(C[P+](c2ccccc2)(c2ccccc2)c2ccccc2)c1Cl. The Morgan fingerprint density at radius 2 is 1.16 bits per heavy atom. The normalized spacial score (nSPS) is 11.2. The number of carbonyl (C=O) groups excluding carboxylic acids is 1. The highest BCUT2D eigenvalue weighted by molar-refractivity contribution is 7.95. The van der Waals surface area contributed by atoms with Crippen molar-refractivity contribution in [2.75, 3.05) is 7.11 Å². The van der Waals surface area contributed by atoms with Crippen LogP contribution in [0.5, 0.6) is 0 Å². The summed E-state index contributed by atoms with van der Waals surface area (Å²) in [6.45, 7) is 0. The van der Waals surface area contributed by atoms with E-state index in [2.05, 4.69) is 72.8 Å². The van der Waals surface area contributed by atoms with Crippen LogP contribution >= 0.6 is 30.5 Å². The molecule has 4 rings (SSSR count). The Hall–Kier alpha value is -2.64. The van der Waals surface area contributed by atoms with Crippen molar-refractivity contribution in [3.63, 3.8) is 0 Å². The van der Waals surface area contributed by atoms with E-state index in [4.69, 9.17) is 27.9 Å². The second kappa shape index (κ2) is 9.88. The van der Waals surface area contributed by atoms with E-state index >= 15 is 0 Å². The molecule has 0 spiro atoms. The van der Waals surface area contributed by atoms with Gasteiger partial charge in [-0.3, -0.25) is 0 Å². The van der Waals surface area contributed by atoms with Crippen LogP contribution in [-0.2, 0) is 10.9 Å². The van der Waals surface area contributed by atoms with E-state index < -0.39 is 13.2 Å². The molecule has 0 aliphatic rings. The first-order valence-corrected chi connectivity index (χ1v) is 12.9. The second-order valence-electron chi connectivity index (χ2n) is 7.35. The highest BCUT2D eigenvalue weighted by Gasteiger charge is 2.46. The molecule has 160 valence electrons. The summed E-state index contributed by atoms with van der Waals surface area (Å²) >= 11 is 13.5. The van der Waals surface area contributed by atoms with Gasteiger partial charge in [-0.15, -0.1) is 0 Å². The smallest absolute Gasteiger partial charge is 0.339 e. The van der Waals surface area contributed by atoms with Gasteiger partial charge in [0.25, 0.3) is 0 Å². The maximum Gasteiger partial charge on any atom is 0.339 e. The molecule has 4 aromatic carbocycles. The van der Waals surface area contributed by atoms with Crippen LogP contribution in [0.1, 0.15) is 15.9 Å². The maximum atomic E-state index is 12.3. The number of methoxy groups -OCH3 is 1. The lowest BCUT2D eigenvalue weighted by Gasteiger charge is -2.28. The Kier molecular flexibility index (Phi) is 6.96. The molecule has 0 aliphatic carbocycles. The van der Waals surface area contributed by atoms with Crippen molar-refractivity contribution in [2.24, 2.45) is 0 Å². The summed E-state index contributed by atoms with van der Waals surface area (Å²) in [5, 5.41) is 4.53. The molecule has 32 heavy (non-hydrogen) atoms.